The fourth-order valence-corrected chi connectivity index (χ4v) is 19.4. The Labute approximate surface area is 184 Å². The Bertz CT molecular complexity index is 389. The van der Waals surface area contributed by atoms with E-state index in [9.17, 15) is 0 Å². The van der Waals surface area contributed by atoms with Gasteiger partial charge in [0.2, 0.25) is 0 Å². The van der Waals surface area contributed by atoms with Gasteiger partial charge in [-0.2, -0.15) is 0 Å². The summed E-state index contributed by atoms with van der Waals surface area (Å²) in [6.07, 6.45) is 15.1. The van der Waals surface area contributed by atoms with Gasteiger partial charge < -0.3 is 0 Å². The maximum absolute atomic E-state index is 6.90. The first-order chi connectivity index (χ1) is 13.1. The molecule has 1 unspecified atom stereocenters. The molecular weight excluding hydrogens is 463 g/mol. The summed E-state index contributed by atoms with van der Waals surface area (Å²) in [5, 5.41) is 0.290. The number of hydrogen-bond donors (Lipinski definition) is 0. The molecule has 1 atom stereocenters. The van der Waals surface area contributed by atoms with Gasteiger partial charge in [0.1, 0.15) is 0 Å². The zero-order chi connectivity index (χ0) is 21.7. The molecule has 0 aliphatic carbocycles. The SMILES string of the molecule is CCCCC(/C=[CH]/[Sn]([CH2]CCC)([CH2]CCC)[CH2]CCC)O[Si](C)(C)C(C)(C)C. The molecule has 0 rings (SSSR count). The van der Waals surface area contributed by atoms with Gasteiger partial charge in [0.05, 0.1) is 0 Å². The van der Waals surface area contributed by atoms with Crippen LogP contribution >= 0.6 is 0 Å². The van der Waals surface area contributed by atoms with Gasteiger partial charge >= 0.3 is 185 Å². The molecule has 3 heteroatoms. The van der Waals surface area contributed by atoms with Crippen molar-refractivity contribution in [3.05, 3.63) is 10.2 Å². The van der Waals surface area contributed by atoms with Gasteiger partial charge in [-0.25, -0.2) is 0 Å². The van der Waals surface area contributed by atoms with Gasteiger partial charge in [-0.3, -0.25) is 0 Å². The van der Waals surface area contributed by atoms with Crippen molar-refractivity contribution in [1.82, 2.24) is 0 Å². The van der Waals surface area contributed by atoms with Crippen LogP contribution in [0.4, 0.5) is 0 Å². The Hall–Kier alpha value is 0.716. The van der Waals surface area contributed by atoms with Crippen LogP contribution in [-0.2, 0) is 4.43 Å². The molecule has 0 spiro atoms. The molecule has 168 valence electrons. The van der Waals surface area contributed by atoms with Gasteiger partial charge in [0, 0.05) is 0 Å². The van der Waals surface area contributed by atoms with Gasteiger partial charge in [-0.05, 0) is 0 Å². The van der Waals surface area contributed by atoms with Crippen molar-refractivity contribution in [3.63, 3.8) is 0 Å². The van der Waals surface area contributed by atoms with E-state index in [4.69, 9.17) is 4.43 Å². The third kappa shape index (κ3) is 11.2. The summed E-state index contributed by atoms with van der Waals surface area (Å²) in [4.78, 5) is 0. The summed E-state index contributed by atoms with van der Waals surface area (Å²) in [5.41, 5.74) is 0. The Balaban J connectivity index is 5.57. The van der Waals surface area contributed by atoms with E-state index in [2.05, 4.69) is 71.7 Å². The van der Waals surface area contributed by atoms with E-state index in [0.717, 1.165) is 0 Å². The van der Waals surface area contributed by atoms with Crippen LogP contribution in [0.3, 0.4) is 0 Å². The molecule has 28 heavy (non-hydrogen) atoms. The minimum atomic E-state index is -2.21. The Morgan fingerprint density at radius 3 is 1.57 bits per heavy atom. The van der Waals surface area contributed by atoms with E-state index < -0.39 is 26.7 Å². The average Bonchev–Trinajstić information content (AvgIpc) is 2.63. The van der Waals surface area contributed by atoms with E-state index in [1.165, 1.54) is 57.8 Å². The first-order valence-corrected chi connectivity index (χ1v) is 23.1. The summed E-state index contributed by atoms with van der Waals surface area (Å²) >= 11 is -2.21. The predicted molar refractivity (Wildman–Crippen MR) is 136 cm³/mol. The molecule has 0 aliphatic rings. The second-order valence-electron chi connectivity index (χ2n) is 10.6. The van der Waals surface area contributed by atoms with E-state index in [0.29, 0.717) is 6.10 Å². The Morgan fingerprint density at radius 1 is 0.786 bits per heavy atom. The van der Waals surface area contributed by atoms with E-state index >= 15 is 0 Å². The molecule has 0 bridgehead atoms. The van der Waals surface area contributed by atoms with E-state index in [1.807, 2.05) is 0 Å². The van der Waals surface area contributed by atoms with E-state index in [-0.39, 0.29) is 5.04 Å². The first kappa shape index (κ1) is 28.7. The van der Waals surface area contributed by atoms with Crippen LogP contribution in [0.1, 0.15) is 106 Å². The summed E-state index contributed by atoms with van der Waals surface area (Å²) < 4.78 is 14.4. The normalized spacial score (nSPS) is 14.8. The summed E-state index contributed by atoms with van der Waals surface area (Å²) in [5.74, 6) is 0. The van der Waals surface area contributed by atoms with Crippen molar-refractivity contribution >= 4 is 26.7 Å². The van der Waals surface area contributed by atoms with Crippen LogP contribution < -0.4 is 0 Å². The molecule has 0 aromatic carbocycles. The standard InChI is InChI=1S/C13H27OSi.3C4H9.Sn/c1-8-10-11-12(9-2)14-15(6,7)13(3,4)5;3*1-3-4-2;/h2,9,12H,8,10-11H2,1,3-7H3;3*1,3-4H2,2H3;. The second-order valence-corrected chi connectivity index (χ2v) is 28.4. The van der Waals surface area contributed by atoms with Crippen molar-refractivity contribution in [2.24, 2.45) is 0 Å². The quantitative estimate of drug-likeness (QED) is 0.185. The molecule has 0 N–H and O–H groups in total. The third-order valence-corrected chi connectivity index (χ3v) is 25.5. The fourth-order valence-electron chi connectivity index (χ4n) is 3.68. The number of unbranched alkanes of at least 4 members (excludes halogenated alkanes) is 4. The summed E-state index contributed by atoms with van der Waals surface area (Å²) in [7, 11) is -1.72. The zero-order valence-electron chi connectivity index (χ0n) is 21.1. The van der Waals surface area contributed by atoms with Crippen LogP contribution in [0.5, 0.6) is 0 Å². The van der Waals surface area contributed by atoms with Crippen molar-refractivity contribution in [2.45, 2.75) is 144 Å². The predicted octanol–water partition coefficient (Wildman–Crippen LogP) is 9.51. The van der Waals surface area contributed by atoms with Crippen LogP contribution in [-0.4, -0.2) is 32.8 Å². The Kier molecular flexibility index (Phi) is 15.0. The summed E-state index contributed by atoms with van der Waals surface area (Å²) in [6, 6.07) is 0. The molecule has 0 saturated carbocycles. The number of rotatable bonds is 16. The van der Waals surface area contributed by atoms with Crippen molar-refractivity contribution < 1.29 is 4.43 Å². The summed E-state index contributed by atoms with van der Waals surface area (Å²) in [6.45, 7) is 21.3. The van der Waals surface area contributed by atoms with Crippen molar-refractivity contribution in [3.8, 4) is 0 Å². The van der Waals surface area contributed by atoms with Crippen LogP contribution in [0.25, 0.3) is 0 Å². The fraction of sp³-hybridized carbons (Fsp3) is 0.920. The zero-order valence-corrected chi connectivity index (χ0v) is 25.0. The van der Waals surface area contributed by atoms with Crippen LogP contribution in [0.15, 0.2) is 10.2 Å². The third-order valence-electron chi connectivity index (χ3n) is 6.84. The molecule has 0 aromatic rings. The van der Waals surface area contributed by atoms with Gasteiger partial charge in [0.15, 0.2) is 0 Å². The van der Waals surface area contributed by atoms with Crippen molar-refractivity contribution in [1.29, 1.82) is 0 Å². The topological polar surface area (TPSA) is 9.23 Å². The molecule has 0 fully saturated rings. The van der Waals surface area contributed by atoms with Gasteiger partial charge in [-0.1, -0.05) is 0 Å². The first-order valence-electron chi connectivity index (χ1n) is 12.4. The van der Waals surface area contributed by atoms with Crippen molar-refractivity contribution in [2.75, 3.05) is 0 Å². The molecule has 0 aromatic heterocycles. The molecule has 0 aliphatic heterocycles. The average molecular weight is 518 g/mol. The Morgan fingerprint density at radius 2 is 1.21 bits per heavy atom. The van der Waals surface area contributed by atoms with Crippen LogP contribution in [0, 0.1) is 0 Å². The van der Waals surface area contributed by atoms with Gasteiger partial charge in [-0.15, -0.1) is 0 Å². The molecule has 0 amide bonds. The monoisotopic (exact) mass is 518 g/mol. The van der Waals surface area contributed by atoms with Crippen LogP contribution in [0.2, 0.25) is 31.4 Å². The molecule has 0 saturated heterocycles. The molecule has 1 nitrogen and oxygen atoms in total. The van der Waals surface area contributed by atoms with E-state index in [1.54, 1.807) is 13.3 Å². The maximum atomic E-state index is 6.90. The van der Waals surface area contributed by atoms with Gasteiger partial charge in [0.25, 0.3) is 0 Å². The second kappa shape index (κ2) is 14.7. The minimum absolute atomic E-state index is 0.290. The molecule has 0 radical (unpaired) electrons. The molecule has 0 heterocycles. The molecular formula is C25H54OSiSn. The number of hydrogen-bond acceptors (Lipinski definition) is 1.